The topological polar surface area (TPSA) is 79.2 Å². The lowest BCUT2D eigenvalue weighted by Gasteiger charge is -2.23. The highest BCUT2D eigenvalue weighted by Gasteiger charge is 2.28. The van der Waals surface area contributed by atoms with Gasteiger partial charge in [-0.15, -0.1) is 0 Å². The molecule has 156 valence electrons. The van der Waals surface area contributed by atoms with Crippen LogP contribution in [-0.2, 0) is 16.0 Å². The van der Waals surface area contributed by atoms with Crippen LogP contribution in [0.3, 0.4) is 0 Å². The van der Waals surface area contributed by atoms with Crippen LogP contribution in [0.1, 0.15) is 28.4 Å². The quantitative estimate of drug-likeness (QED) is 0.584. The molecule has 0 aliphatic heterocycles. The predicted molar refractivity (Wildman–Crippen MR) is 119 cm³/mol. The van der Waals surface area contributed by atoms with E-state index in [1.54, 1.807) is 37.3 Å². The monoisotopic (exact) mass is 412 g/mol. The van der Waals surface area contributed by atoms with Crippen molar-refractivity contribution in [3.63, 3.8) is 0 Å². The number of amides is 1. The highest BCUT2D eigenvalue weighted by molar-refractivity contribution is 5.95. The molecule has 31 heavy (non-hydrogen) atoms. The number of benzene rings is 3. The Morgan fingerprint density at radius 3 is 2.29 bits per heavy atom. The Balaban J connectivity index is 1.71. The van der Waals surface area contributed by atoms with Gasteiger partial charge in [-0.3, -0.25) is 9.59 Å². The van der Waals surface area contributed by atoms with Crippen molar-refractivity contribution < 1.29 is 14.3 Å². The zero-order valence-corrected chi connectivity index (χ0v) is 17.5. The lowest BCUT2D eigenvalue weighted by molar-refractivity contribution is -0.146. The molecular formula is C26H24N2O3. The average Bonchev–Trinajstić information content (AvgIpc) is 2.82. The molecule has 5 heteroatoms. The maximum absolute atomic E-state index is 12.8. The van der Waals surface area contributed by atoms with E-state index in [0.717, 1.165) is 16.7 Å². The van der Waals surface area contributed by atoms with Crippen molar-refractivity contribution in [2.45, 2.75) is 19.4 Å². The van der Waals surface area contributed by atoms with Gasteiger partial charge in [0.25, 0.3) is 5.91 Å². The lowest BCUT2D eigenvalue weighted by atomic mass is 9.92. The van der Waals surface area contributed by atoms with Gasteiger partial charge in [0.2, 0.25) is 0 Å². The third kappa shape index (κ3) is 5.58. The normalized spacial score (nSPS) is 12.3. The fraction of sp³-hybridized carbons (Fsp3) is 0.192. The van der Waals surface area contributed by atoms with Crippen LogP contribution >= 0.6 is 0 Å². The number of rotatable bonds is 7. The first-order valence-corrected chi connectivity index (χ1v) is 10.0. The number of carbonyl (C=O) groups excluding carboxylic acids is 2. The Hall–Kier alpha value is -3.91. The van der Waals surface area contributed by atoms with Crippen LogP contribution in [0.5, 0.6) is 0 Å². The van der Waals surface area contributed by atoms with E-state index in [0.29, 0.717) is 17.5 Å². The van der Waals surface area contributed by atoms with Crippen LogP contribution in [0.4, 0.5) is 0 Å². The van der Waals surface area contributed by atoms with E-state index in [9.17, 15) is 9.59 Å². The molecule has 1 N–H and O–H groups in total. The first-order chi connectivity index (χ1) is 15.0. The molecule has 0 radical (unpaired) electrons. The van der Waals surface area contributed by atoms with Crippen LogP contribution in [0.2, 0.25) is 0 Å². The van der Waals surface area contributed by atoms with E-state index in [4.69, 9.17) is 10.00 Å². The van der Waals surface area contributed by atoms with Gasteiger partial charge in [-0.1, -0.05) is 54.6 Å². The molecule has 1 amide bonds. The Labute approximate surface area is 182 Å². The first-order valence-electron chi connectivity index (χ1n) is 10.0. The molecule has 0 saturated carbocycles. The molecule has 1 unspecified atom stereocenters. The summed E-state index contributed by atoms with van der Waals surface area (Å²) in [6.45, 7) is 1.78. The number of hydrogen-bond acceptors (Lipinski definition) is 4. The minimum atomic E-state index is -0.577. The average molecular weight is 412 g/mol. The van der Waals surface area contributed by atoms with E-state index in [2.05, 4.69) is 11.4 Å². The largest absolute Gasteiger partial charge is 0.469 e. The number of nitriles is 1. The smallest absolute Gasteiger partial charge is 0.311 e. The fourth-order valence-corrected chi connectivity index (χ4v) is 3.47. The van der Waals surface area contributed by atoms with E-state index < -0.39 is 17.9 Å². The molecule has 0 aliphatic rings. The SMILES string of the molecule is COC(=O)[C@H](Cc1cccc(C#N)c1)C(C)NC(=O)c1ccc(-c2ccccc2)cc1. The zero-order chi connectivity index (χ0) is 22.2. The molecular weight excluding hydrogens is 388 g/mol. The van der Waals surface area contributed by atoms with Gasteiger partial charge in [-0.2, -0.15) is 5.26 Å². The minimum Gasteiger partial charge on any atom is -0.469 e. The van der Waals surface area contributed by atoms with Crippen molar-refractivity contribution in [3.05, 3.63) is 95.6 Å². The van der Waals surface area contributed by atoms with Crippen LogP contribution in [0, 0.1) is 17.2 Å². The Bertz CT molecular complexity index is 1090. The van der Waals surface area contributed by atoms with Gasteiger partial charge in [0.05, 0.1) is 24.7 Å². The number of carbonyl (C=O) groups is 2. The Morgan fingerprint density at radius 2 is 1.65 bits per heavy atom. The second-order valence-corrected chi connectivity index (χ2v) is 7.35. The van der Waals surface area contributed by atoms with E-state index >= 15 is 0 Å². The molecule has 0 aromatic heterocycles. The maximum atomic E-state index is 12.8. The van der Waals surface area contributed by atoms with E-state index in [1.165, 1.54) is 7.11 Å². The van der Waals surface area contributed by atoms with Crippen molar-refractivity contribution in [3.8, 4) is 17.2 Å². The summed E-state index contributed by atoms with van der Waals surface area (Å²) in [5.74, 6) is -1.24. The van der Waals surface area contributed by atoms with E-state index in [1.807, 2.05) is 48.5 Å². The van der Waals surface area contributed by atoms with Gasteiger partial charge in [0, 0.05) is 11.6 Å². The summed E-state index contributed by atoms with van der Waals surface area (Å²) in [5, 5.41) is 12.0. The molecule has 3 aromatic carbocycles. The molecule has 0 aliphatic carbocycles. The van der Waals surface area contributed by atoms with Gasteiger partial charge >= 0.3 is 5.97 Å². The number of ether oxygens (including phenoxy) is 1. The third-order valence-electron chi connectivity index (χ3n) is 5.23. The molecule has 0 saturated heterocycles. The fourth-order valence-electron chi connectivity index (χ4n) is 3.47. The second kappa shape index (κ2) is 10.2. The lowest BCUT2D eigenvalue weighted by Crippen LogP contribution is -2.42. The van der Waals surface area contributed by atoms with Crippen LogP contribution < -0.4 is 5.32 Å². The molecule has 0 fully saturated rings. The van der Waals surface area contributed by atoms with Crippen molar-refractivity contribution >= 4 is 11.9 Å². The molecule has 5 nitrogen and oxygen atoms in total. The number of nitrogens with one attached hydrogen (secondary N) is 1. The first kappa shape index (κ1) is 21.8. The summed E-state index contributed by atoms with van der Waals surface area (Å²) in [4.78, 5) is 25.2. The number of nitrogens with zero attached hydrogens (tertiary/aromatic N) is 1. The van der Waals surface area contributed by atoms with Crippen LogP contribution in [0.15, 0.2) is 78.9 Å². The number of methoxy groups -OCH3 is 1. The molecule has 2 atom stereocenters. The second-order valence-electron chi connectivity index (χ2n) is 7.35. The van der Waals surface area contributed by atoms with E-state index in [-0.39, 0.29) is 5.91 Å². The van der Waals surface area contributed by atoms with Crippen molar-refractivity contribution in [1.82, 2.24) is 5.32 Å². The highest BCUT2D eigenvalue weighted by Crippen LogP contribution is 2.20. The van der Waals surface area contributed by atoms with Gasteiger partial charge in [0.1, 0.15) is 0 Å². The number of hydrogen-bond donors (Lipinski definition) is 1. The Kier molecular flexibility index (Phi) is 7.18. The van der Waals surface area contributed by atoms with Crippen LogP contribution in [0.25, 0.3) is 11.1 Å². The van der Waals surface area contributed by atoms with Crippen molar-refractivity contribution in [2.24, 2.45) is 5.92 Å². The van der Waals surface area contributed by atoms with Crippen molar-refractivity contribution in [1.29, 1.82) is 5.26 Å². The third-order valence-corrected chi connectivity index (χ3v) is 5.23. The summed E-state index contributed by atoms with van der Waals surface area (Å²) < 4.78 is 4.96. The summed E-state index contributed by atoms with van der Waals surface area (Å²) in [6.07, 6.45) is 0.358. The van der Waals surface area contributed by atoms with Gasteiger partial charge in [-0.25, -0.2) is 0 Å². The molecule has 0 heterocycles. The summed E-state index contributed by atoms with van der Waals surface area (Å²) in [6, 6.07) is 26.0. The van der Waals surface area contributed by atoms with Gasteiger partial charge in [0.15, 0.2) is 0 Å². The highest BCUT2D eigenvalue weighted by atomic mass is 16.5. The number of esters is 1. The molecule has 3 rings (SSSR count). The predicted octanol–water partition coefficient (Wildman–Crippen LogP) is 4.38. The standard InChI is InChI=1S/C26H24N2O3/c1-18(24(26(30)31-2)16-19-7-6-8-20(15-19)17-27)28-25(29)23-13-11-22(12-14-23)21-9-4-3-5-10-21/h3-15,18,24H,16H2,1-2H3,(H,28,29)/t18?,24-/m1/s1. The minimum absolute atomic E-state index is 0.258. The van der Waals surface area contributed by atoms with Crippen molar-refractivity contribution in [2.75, 3.05) is 7.11 Å². The zero-order valence-electron chi connectivity index (χ0n) is 17.5. The molecule has 0 bridgehead atoms. The summed E-state index contributed by atoms with van der Waals surface area (Å²) in [7, 11) is 1.33. The van der Waals surface area contributed by atoms with Gasteiger partial charge in [-0.05, 0) is 54.3 Å². The summed E-state index contributed by atoms with van der Waals surface area (Å²) >= 11 is 0. The Morgan fingerprint density at radius 1 is 0.968 bits per heavy atom. The maximum Gasteiger partial charge on any atom is 0.311 e. The molecule has 3 aromatic rings. The van der Waals surface area contributed by atoms with Crippen LogP contribution in [-0.4, -0.2) is 25.0 Å². The summed E-state index contributed by atoms with van der Waals surface area (Å²) in [5.41, 5.74) is 3.98. The molecule has 0 spiro atoms. The van der Waals surface area contributed by atoms with Gasteiger partial charge < -0.3 is 10.1 Å².